The number of esters is 1. The van der Waals surface area contributed by atoms with Gasteiger partial charge in [-0.15, -0.1) is 10.2 Å². The van der Waals surface area contributed by atoms with Crippen molar-refractivity contribution < 1.29 is 28.7 Å². The Morgan fingerprint density at radius 3 is 2.16 bits per heavy atom. The Kier molecular flexibility index (Phi) is 13.4. The van der Waals surface area contributed by atoms with Crippen LogP contribution in [0.15, 0.2) is 91.5 Å². The molecule has 15 nitrogen and oxygen atoms in total. The molecule has 3 aromatic heterocycles. The zero-order valence-electron chi connectivity index (χ0n) is 26.9. The lowest BCUT2D eigenvalue weighted by Crippen LogP contribution is -2.26. The summed E-state index contributed by atoms with van der Waals surface area (Å²) < 4.78 is 10.1. The van der Waals surface area contributed by atoms with Crippen molar-refractivity contribution in [1.82, 2.24) is 41.2 Å². The SMILES string of the molecule is CCCCOC(=O)C(=O)Nc1cccc(-c2nn[nH]n2)c1.COc1ccc(C(=O)NCc2cccnc2)cc1C(=O)NCc1cccnc1. The number of anilines is 1. The lowest BCUT2D eigenvalue weighted by Gasteiger charge is -2.12. The van der Waals surface area contributed by atoms with E-state index in [1.54, 1.807) is 73.3 Å². The molecule has 0 aliphatic rings. The molecule has 0 aliphatic heterocycles. The molecule has 15 heteroatoms. The molecule has 252 valence electrons. The summed E-state index contributed by atoms with van der Waals surface area (Å²) in [6.07, 6.45) is 8.33. The van der Waals surface area contributed by atoms with Crippen LogP contribution in [0, 0.1) is 0 Å². The van der Waals surface area contributed by atoms with Crippen LogP contribution in [0.1, 0.15) is 51.6 Å². The predicted molar refractivity (Wildman–Crippen MR) is 178 cm³/mol. The van der Waals surface area contributed by atoms with Crippen LogP contribution in [-0.2, 0) is 27.4 Å². The highest BCUT2D eigenvalue weighted by Gasteiger charge is 2.17. The summed E-state index contributed by atoms with van der Waals surface area (Å²) in [5.41, 5.74) is 3.55. The van der Waals surface area contributed by atoms with Crippen molar-refractivity contribution in [2.75, 3.05) is 19.0 Å². The van der Waals surface area contributed by atoms with Gasteiger partial charge in [-0.3, -0.25) is 24.4 Å². The van der Waals surface area contributed by atoms with Crippen LogP contribution >= 0.6 is 0 Å². The quantitative estimate of drug-likeness (QED) is 0.0863. The minimum Gasteiger partial charge on any atom is -0.496 e. The number of aromatic nitrogens is 6. The molecule has 0 aliphatic carbocycles. The third kappa shape index (κ3) is 11.1. The summed E-state index contributed by atoms with van der Waals surface area (Å²) in [7, 11) is 1.48. The number of unbranched alkanes of at least 4 members (excludes halogenated alkanes) is 1. The number of ether oxygens (including phenoxy) is 2. The van der Waals surface area contributed by atoms with Gasteiger partial charge in [-0.2, -0.15) is 5.21 Å². The first-order valence-corrected chi connectivity index (χ1v) is 15.2. The standard InChI is InChI=1S/C21H20N4O3.C13H15N5O3/c1-28-19-7-6-17(20(26)24-13-15-4-2-8-22-11-15)10-18(19)21(27)25-14-16-5-3-9-23-12-16;1-2-3-7-21-13(20)12(19)14-10-6-4-5-9(8-10)11-15-17-18-16-11/h2-12H,13-14H2,1H3,(H,24,26)(H,25,27);4-6,8H,2-3,7H2,1H3,(H,14,19)(H,15,16,17,18). The number of pyridine rings is 2. The van der Waals surface area contributed by atoms with Crippen molar-refractivity contribution in [3.63, 3.8) is 0 Å². The van der Waals surface area contributed by atoms with Crippen molar-refractivity contribution in [3.8, 4) is 17.1 Å². The predicted octanol–water partition coefficient (Wildman–Crippen LogP) is 3.49. The lowest BCUT2D eigenvalue weighted by atomic mass is 10.1. The zero-order chi connectivity index (χ0) is 34.8. The summed E-state index contributed by atoms with van der Waals surface area (Å²) >= 11 is 0. The summed E-state index contributed by atoms with van der Waals surface area (Å²) in [4.78, 5) is 56.2. The van der Waals surface area contributed by atoms with E-state index in [0.717, 1.165) is 24.0 Å². The molecule has 3 heterocycles. The molecule has 49 heavy (non-hydrogen) atoms. The summed E-state index contributed by atoms with van der Waals surface area (Å²) in [5.74, 6) is -1.52. The van der Waals surface area contributed by atoms with Crippen LogP contribution in [0.25, 0.3) is 11.4 Å². The highest BCUT2D eigenvalue weighted by Crippen LogP contribution is 2.21. The van der Waals surface area contributed by atoms with Gasteiger partial charge >= 0.3 is 11.9 Å². The normalized spacial score (nSPS) is 10.2. The maximum atomic E-state index is 12.6. The first kappa shape index (κ1) is 35.3. The molecule has 0 atom stereocenters. The van der Waals surface area contributed by atoms with Crippen LogP contribution < -0.4 is 20.7 Å². The monoisotopic (exact) mass is 665 g/mol. The number of rotatable bonds is 12. The van der Waals surface area contributed by atoms with Crippen molar-refractivity contribution in [3.05, 3.63) is 114 Å². The fourth-order valence-corrected chi connectivity index (χ4v) is 4.17. The Hall–Kier alpha value is -6.51. The molecule has 5 rings (SSSR count). The van der Waals surface area contributed by atoms with Crippen molar-refractivity contribution in [2.24, 2.45) is 0 Å². The van der Waals surface area contributed by atoms with Gasteiger partial charge in [0.25, 0.3) is 11.8 Å². The molecule has 2 aromatic carbocycles. The first-order chi connectivity index (χ1) is 23.9. The van der Waals surface area contributed by atoms with E-state index >= 15 is 0 Å². The molecule has 0 fully saturated rings. The maximum absolute atomic E-state index is 12.6. The van der Waals surface area contributed by atoms with E-state index in [0.29, 0.717) is 47.0 Å². The van der Waals surface area contributed by atoms with E-state index in [2.05, 4.69) is 46.5 Å². The number of aromatic amines is 1. The molecule has 0 bridgehead atoms. The average molecular weight is 666 g/mol. The van der Waals surface area contributed by atoms with Crippen molar-refractivity contribution in [2.45, 2.75) is 32.9 Å². The molecular weight excluding hydrogens is 630 g/mol. The van der Waals surface area contributed by atoms with Crippen LogP contribution in [0.2, 0.25) is 0 Å². The molecule has 0 spiro atoms. The van der Waals surface area contributed by atoms with Gasteiger partial charge in [0.1, 0.15) is 5.75 Å². The van der Waals surface area contributed by atoms with Gasteiger partial charge < -0.3 is 25.4 Å². The maximum Gasteiger partial charge on any atom is 0.397 e. The number of nitrogens with one attached hydrogen (secondary N) is 4. The average Bonchev–Trinajstić information content (AvgIpc) is 3.69. The highest BCUT2D eigenvalue weighted by atomic mass is 16.5. The second kappa shape index (κ2) is 18.6. The third-order valence-electron chi connectivity index (χ3n) is 6.70. The number of benzene rings is 2. The topological polar surface area (TPSA) is 203 Å². The number of hydrogen-bond acceptors (Lipinski definition) is 11. The molecule has 0 saturated heterocycles. The van der Waals surface area contributed by atoms with E-state index < -0.39 is 11.9 Å². The number of hydrogen-bond donors (Lipinski definition) is 4. The van der Waals surface area contributed by atoms with E-state index in [1.807, 2.05) is 19.1 Å². The van der Waals surface area contributed by atoms with Gasteiger partial charge in [0.15, 0.2) is 0 Å². The minimum absolute atomic E-state index is 0.242. The fourth-order valence-electron chi connectivity index (χ4n) is 4.17. The van der Waals surface area contributed by atoms with Gasteiger partial charge in [-0.25, -0.2) is 4.79 Å². The fraction of sp³-hybridized carbons (Fsp3) is 0.206. The van der Waals surface area contributed by atoms with E-state index in [-0.39, 0.29) is 18.4 Å². The number of nitrogens with zero attached hydrogens (tertiary/aromatic N) is 5. The minimum atomic E-state index is -0.895. The van der Waals surface area contributed by atoms with E-state index in [4.69, 9.17) is 9.47 Å². The smallest absolute Gasteiger partial charge is 0.397 e. The number of methoxy groups -OCH3 is 1. The summed E-state index contributed by atoms with van der Waals surface area (Å²) in [6, 6.07) is 18.9. The molecule has 0 unspecified atom stereocenters. The molecule has 4 N–H and O–H groups in total. The first-order valence-electron chi connectivity index (χ1n) is 15.2. The van der Waals surface area contributed by atoms with Gasteiger partial charge in [0.2, 0.25) is 5.82 Å². The Morgan fingerprint density at radius 1 is 0.837 bits per heavy atom. The summed E-state index contributed by atoms with van der Waals surface area (Å²) in [6.45, 7) is 2.89. The summed E-state index contributed by atoms with van der Waals surface area (Å²) in [5, 5.41) is 21.6. The van der Waals surface area contributed by atoms with Gasteiger partial charge in [-0.05, 0) is 65.2 Å². The molecular formula is C34H35N9O6. The Balaban J connectivity index is 0.000000230. The van der Waals surface area contributed by atoms with Gasteiger partial charge in [0.05, 0.1) is 19.3 Å². The van der Waals surface area contributed by atoms with Crippen LogP contribution in [0.3, 0.4) is 0 Å². The van der Waals surface area contributed by atoms with Gasteiger partial charge in [-0.1, -0.05) is 37.6 Å². The second-order valence-electron chi connectivity index (χ2n) is 10.3. The Morgan fingerprint density at radius 2 is 1.55 bits per heavy atom. The second-order valence-corrected chi connectivity index (χ2v) is 10.3. The van der Waals surface area contributed by atoms with Crippen LogP contribution in [0.5, 0.6) is 5.75 Å². The Labute approximate surface area is 281 Å². The van der Waals surface area contributed by atoms with E-state index in [9.17, 15) is 19.2 Å². The van der Waals surface area contributed by atoms with E-state index in [1.165, 1.54) is 13.2 Å². The number of carbonyl (C=O) groups excluding carboxylic acids is 4. The third-order valence-corrected chi connectivity index (χ3v) is 6.70. The lowest BCUT2D eigenvalue weighted by molar-refractivity contribution is -0.152. The van der Waals surface area contributed by atoms with Crippen molar-refractivity contribution >= 4 is 29.4 Å². The number of carbonyl (C=O) groups is 4. The largest absolute Gasteiger partial charge is 0.496 e. The highest BCUT2D eigenvalue weighted by molar-refractivity contribution is 6.37. The molecule has 5 aromatic rings. The molecule has 0 saturated carbocycles. The molecule has 0 radical (unpaired) electrons. The zero-order valence-corrected chi connectivity index (χ0v) is 26.9. The van der Waals surface area contributed by atoms with Gasteiger partial charge in [0, 0.05) is 54.7 Å². The van der Waals surface area contributed by atoms with Crippen LogP contribution in [0.4, 0.5) is 5.69 Å². The number of tetrazole rings is 1. The molecule has 3 amide bonds. The number of H-pyrrole nitrogens is 1. The van der Waals surface area contributed by atoms with Crippen LogP contribution in [-0.4, -0.2) is 68.0 Å². The Bertz CT molecular complexity index is 1820. The number of amides is 3. The van der Waals surface area contributed by atoms with Crippen molar-refractivity contribution in [1.29, 1.82) is 0 Å².